The molecule has 0 bridgehead atoms. The van der Waals surface area contributed by atoms with E-state index < -0.39 is 10.0 Å². The minimum Gasteiger partial charge on any atom is -0.372 e. The molecule has 0 radical (unpaired) electrons. The summed E-state index contributed by atoms with van der Waals surface area (Å²) in [6.45, 7) is 3.91. The van der Waals surface area contributed by atoms with E-state index in [1.54, 1.807) is 13.1 Å². The maximum atomic E-state index is 12.1. The lowest BCUT2D eigenvalue weighted by atomic mass is 10.2. The van der Waals surface area contributed by atoms with Gasteiger partial charge in [-0.3, -0.25) is 4.79 Å². The van der Waals surface area contributed by atoms with Crippen molar-refractivity contribution in [1.82, 2.24) is 15.0 Å². The topological polar surface area (TPSA) is 100 Å². The van der Waals surface area contributed by atoms with Crippen LogP contribution in [0.15, 0.2) is 23.2 Å². The third-order valence-corrected chi connectivity index (χ3v) is 4.45. The maximum Gasteiger partial charge on any atom is 0.244 e. The molecule has 0 aliphatic carbocycles. The van der Waals surface area contributed by atoms with Gasteiger partial charge in [0, 0.05) is 32.3 Å². The lowest BCUT2D eigenvalue weighted by Crippen LogP contribution is -2.35. The van der Waals surface area contributed by atoms with Crippen molar-refractivity contribution in [3.8, 4) is 0 Å². The Labute approximate surface area is 125 Å². The van der Waals surface area contributed by atoms with E-state index in [0.29, 0.717) is 0 Å². The highest BCUT2D eigenvalue weighted by Crippen LogP contribution is 2.16. The summed E-state index contributed by atoms with van der Waals surface area (Å²) in [5.41, 5.74) is 0. The van der Waals surface area contributed by atoms with Crippen molar-refractivity contribution in [3.63, 3.8) is 0 Å². The smallest absolute Gasteiger partial charge is 0.244 e. The quantitative estimate of drug-likeness (QED) is 0.656. The molecule has 8 heteroatoms. The Balaban J connectivity index is 2.60. The van der Waals surface area contributed by atoms with Gasteiger partial charge >= 0.3 is 0 Å². The molecule has 0 aromatic carbocycles. The second-order valence-electron chi connectivity index (χ2n) is 4.62. The Hall–Kier alpha value is -1.67. The van der Waals surface area contributed by atoms with E-state index in [0.717, 1.165) is 6.42 Å². The second kappa shape index (κ2) is 7.94. The van der Waals surface area contributed by atoms with Crippen LogP contribution >= 0.6 is 0 Å². The van der Waals surface area contributed by atoms with Crippen molar-refractivity contribution in [2.75, 3.05) is 18.9 Å². The zero-order valence-corrected chi connectivity index (χ0v) is 13.3. The van der Waals surface area contributed by atoms with Gasteiger partial charge in [0.25, 0.3) is 0 Å². The van der Waals surface area contributed by atoms with Crippen LogP contribution < -0.4 is 15.4 Å². The minimum absolute atomic E-state index is 0.0443. The van der Waals surface area contributed by atoms with Gasteiger partial charge in [0.2, 0.25) is 15.9 Å². The normalized spacial score (nSPS) is 12.7. The zero-order chi connectivity index (χ0) is 15.9. The van der Waals surface area contributed by atoms with E-state index in [1.807, 2.05) is 13.8 Å². The van der Waals surface area contributed by atoms with Crippen LogP contribution in [0.3, 0.4) is 0 Å². The van der Waals surface area contributed by atoms with Crippen molar-refractivity contribution in [1.29, 1.82) is 0 Å². The number of pyridine rings is 1. The number of carbonyl (C=O) groups is 1. The van der Waals surface area contributed by atoms with Gasteiger partial charge in [0.1, 0.15) is 10.7 Å². The molecule has 1 unspecified atom stereocenters. The lowest BCUT2D eigenvalue weighted by molar-refractivity contribution is -0.121. The van der Waals surface area contributed by atoms with Crippen LogP contribution in [0.5, 0.6) is 0 Å². The summed E-state index contributed by atoms with van der Waals surface area (Å²) in [7, 11) is -2.09. The van der Waals surface area contributed by atoms with Gasteiger partial charge in [-0.1, -0.05) is 6.92 Å². The number of carbonyl (C=O) groups excluding carboxylic acids is 1. The fourth-order valence-corrected chi connectivity index (χ4v) is 2.81. The Bertz CT molecular complexity index is 575. The fraction of sp³-hybridized carbons (Fsp3) is 0.538. The molecule has 1 rings (SSSR count). The van der Waals surface area contributed by atoms with E-state index in [4.69, 9.17) is 0 Å². The summed E-state index contributed by atoms with van der Waals surface area (Å²) in [6.07, 6.45) is 2.43. The molecule has 3 N–H and O–H groups in total. The van der Waals surface area contributed by atoms with Gasteiger partial charge in [-0.05, 0) is 25.5 Å². The van der Waals surface area contributed by atoms with E-state index in [2.05, 4.69) is 20.3 Å². The number of rotatable bonds is 8. The molecule has 0 saturated carbocycles. The van der Waals surface area contributed by atoms with Gasteiger partial charge in [-0.15, -0.1) is 0 Å². The van der Waals surface area contributed by atoms with Crippen LogP contribution in [-0.2, 0) is 14.8 Å². The Morgan fingerprint density at radius 2 is 2.14 bits per heavy atom. The Morgan fingerprint density at radius 1 is 1.43 bits per heavy atom. The van der Waals surface area contributed by atoms with Crippen LogP contribution in [0.4, 0.5) is 5.82 Å². The monoisotopic (exact) mass is 314 g/mol. The van der Waals surface area contributed by atoms with E-state index in [9.17, 15) is 13.2 Å². The van der Waals surface area contributed by atoms with E-state index >= 15 is 0 Å². The molecular weight excluding hydrogens is 292 g/mol. The maximum absolute atomic E-state index is 12.1. The summed E-state index contributed by atoms with van der Waals surface area (Å²) in [5, 5.41) is 5.50. The van der Waals surface area contributed by atoms with Gasteiger partial charge in [0.05, 0.1) is 0 Å². The number of nitrogens with zero attached hydrogens (tertiary/aromatic N) is 1. The number of sulfonamides is 1. The highest BCUT2D eigenvalue weighted by atomic mass is 32.2. The molecule has 21 heavy (non-hydrogen) atoms. The predicted molar refractivity (Wildman–Crippen MR) is 81.5 cm³/mol. The molecule has 0 aliphatic rings. The van der Waals surface area contributed by atoms with Crippen molar-refractivity contribution in [2.24, 2.45) is 0 Å². The minimum atomic E-state index is -3.69. The molecule has 1 aromatic rings. The highest BCUT2D eigenvalue weighted by molar-refractivity contribution is 7.89. The van der Waals surface area contributed by atoms with Crippen molar-refractivity contribution >= 4 is 21.7 Å². The standard InChI is InChI=1S/C13H22N4O3S/c1-4-10(2)17-12(18)7-9-16-21(19,20)11-6-5-8-15-13(11)14-3/h5-6,8,10,16H,4,7,9H2,1-3H3,(H,14,15)(H,17,18). The number of anilines is 1. The first-order chi connectivity index (χ1) is 9.90. The molecule has 1 aromatic heterocycles. The molecule has 0 spiro atoms. The molecule has 1 amide bonds. The van der Waals surface area contributed by atoms with Crippen LogP contribution in [-0.4, -0.2) is 38.9 Å². The average molecular weight is 314 g/mol. The summed E-state index contributed by atoms with van der Waals surface area (Å²) in [4.78, 5) is 15.6. The van der Waals surface area contributed by atoms with E-state index in [-0.39, 0.29) is 35.6 Å². The number of amides is 1. The highest BCUT2D eigenvalue weighted by Gasteiger charge is 2.18. The third kappa shape index (κ3) is 5.31. The largest absolute Gasteiger partial charge is 0.372 e. The number of nitrogens with one attached hydrogen (secondary N) is 3. The molecule has 1 atom stereocenters. The zero-order valence-electron chi connectivity index (χ0n) is 12.5. The molecule has 7 nitrogen and oxygen atoms in total. The third-order valence-electron chi connectivity index (χ3n) is 2.96. The van der Waals surface area contributed by atoms with Crippen molar-refractivity contribution in [2.45, 2.75) is 37.6 Å². The second-order valence-corrected chi connectivity index (χ2v) is 6.36. The molecular formula is C13H22N4O3S. The molecule has 0 aliphatic heterocycles. The summed E-state index contributed by atoms with van der Waals surface area (Å²) >= 11 is 0. The Morgan fingerprint density at radius 3 is 2.76 bits per heavy atom. The van der Waals surface area contributed by atoms with Crippen LogP contribution in [0.2, 0.25) is 0 Å². The van der Waals surface area contributed by atoms with Crippen molar-refractivity contribution < 1.29 is 13.2 Å². The SMILES string of the molecule is CCC(C)NC(=O)CCNS(=O)(=O)c1cccnc1NC. The molecule has 1 heterocycles. The first-order valence-corrected chi connectivity index (χ1v) is 8.30. The number of hydrogen-bond acceptors (Lipinski definition) is 5. The summed E-state index contributed by atoms with van der Waals surface area (Å²) < 4.78 is 26.7. The van der Waals surface area contributed by atoms with Gasteiger partial charge in [-0.25, -0.2) is 18.1 Å². The first-order valence-electron chi connectivity index (χ1n) is 6.82. The van der Waals surface area contributed by atoms with Gasteiger partial charge in [-0.2, -0.15) is 0 Å². The summed E-state index contributed by atoms with van der Waals surface area (Å²) in [5.74, 6) is 0.0983. The lowest BCUT2D eigenvalue weighted by Gasteiger charge is -2.12. The Kier molecular flexibility index (Phi) is 6.57. The number of hydrogen-bond donors (Lipinski definition) is 3. The predicted octanol–water partition coefficient (Wildman–Crippen LogP) is 0.706. The average Bonchev–Trinajstić information content (AvgIpc) is 2.46. The van der Waals surface area contributed by atoms with Gasteiger partial charge < -0.3 is 10.6 Å². The number of aromatic nitrogens is 1. The van der Waals surface area contributed by atoms with Crippen LogP contribution in [0, 0.1) is 0 Å². The van der Waals surface area contributed by atoms with Crippen molar-refractivity contribution in [3.05, 3.63) is 18.3 Å². The van der Waals surface area contributed by atoms with Crippen LogP contribution in [0.1, 0.15) is 26.7 Å². The molecule has 0 fully saturated rings. The van der Waals surface area contributed by atoms with Crippen LogP contribution in [0.25, 0.3) is 0 Å². The molecule has 0 saturated heterocycles. The first kappa shape index (κ1) is 17.4. The van der Waals surface area contributed by atoms with E-state index in [1.165, 1.54) is 12.3 Å². The fourth-order valence-electron chi connectivity index (χ4n) is 1.62. The molecule has 118 valence electrons. The summed E-state index contributed by atoms with van der Waals surface area (Å²) in [6, 6.07) is 3.09. The van der Waals surface area contributed by atoms with Gasteiger partial charge in [0.15, 0.2) is 0 Å².